The summed E-state index contributed by atoms with van der Waals surface area (Å²) in [6.07, 6.45) is 0. The fraction of sp³-hybridized carbons (Fsp3) is 0.0222. The molecule has 226 valence electrons. The van der Waals surface area contributed by atoms with Crippen molar-refractivity contribution in [2.75, 3.05) is 5.32 Å². The molecule has 0 bridgehead atoms. The standard InChI is InChI=1S/C45H27Br2N/c46-29-19-21-33-34-22-20-30(47)24-40(34)45(39(33)23-29)41-25-37(27-11-3-1-4-12-27)31-15-7-9-17-35(31)43(41)48-44-36-18-10-8-16-32(36)38(26-42(44)45)28-13-5-2-6-14-28/h1-26,48H. The second-order valence-electron chi connectivity index (χ2n) is 12.8. The highest BCUT2D eigenvalue weighted by atomic mass is 79.9. The van der Waals surface area contributed by atoms with E-state index in [1.807, 2.05) is 0 Å². The van der Waals surface area contributed by atoms with Gasteiger partial charge in [-0.2, -0.15) is 0 Å². The first-order valence-corrected chi connectivity index (χ1v) is 17.8. The molecule has 3 heteroatoms. The van der Waals surface area contributed by atoms with Gasteiger partial charge in [0, 0.05) is 19.7 Å². The molecule has 0 radical (unpaired) electrons. The van der Waals surface area contributed by atoms with Crippen molar-refractivity contribution in [3.8, 4) is 33.4 Å². The maximum Gasteiger partial charge on any atom is 0.0755 e. The molecular weight excluding hydrogens is 714 g/mol. The molecule has 1 N–H and O–H groups in total. The Kier molecular flexibility index (Phi) is 6.16. The molecule has 0 saturated heterocycles. The first-order chi connectivity index (χ1) is 23.6. The molecule has 0 amide bonds. The minimum absolute atomic E-state index is 0.602. The summed E-state index contributed by atoms with van der Waals surface area (Å²) in [7, 11) is 0. The molecule has 1 spiro atoms. The van der Waals surface area contributed by atoms with E-state index in [1.165, 1.54) is 77.2 Å². The maximum atomic E-state index is 4.10. The van der Waals surface area contributed by atoms with Gasteiger partial charge in [-0.15, -0.1) is 0 Å². The molecule has 0 aromatic heterocycles. The monoisotopic (exact) mass is 739 g/mol. The summed E-state index contributed by atoms with van der Waals surface area (Å²) in [5.41, 5.74) is 14.2. The zero-order chi connectivity index (χ0) is 32.0. The lowest BCUT2D eigenvalue weighted by atomic mass is 9.63. The Morgan fingerprint density at radius 3 is 1.19 bits per heavy atom. The SMILES string of the molecule is Brc1ccc2c(c1)C1(c3cc(Br)ccc3-2)c2cc(-c3ccccc3)c3ccccc3c2Nc2c1cc(-c1ccccc1)c1ccccc21. The van der Waals surface area contributed by atoms with Crippen LogP contribution in [0.5, 0.6) is 0 Å². The third-order valence-electron chi connectivity index (χ3n) is 10.4. The summed E-state index contributed by atoms with van der Waals surface area (Å²) < 4.78 is 2.14. The van der Waals surface area contributed by atoms with Gasteiger partial charge in [0.05, 0.1) is 16.8 Å². The second-order valence-corrected chi connectivity index (χ2v) is 14.6. The lowest BCUT2D eigenvalue weighted by Gasteiger charge is -2.42. The smallest absolute Gasteiger partial charge is 0.0755 e. The van der Waals surface area contributed by atoms with E-state index >= 15 is 0 Å². The van der Waals surface area contributed by atoms with Crippen LogP contribution in [0.3, 0.4) is 0 Å². The first-order valence-electron chi connectivity index (χ1n) is 16.2. The fourth-order valence-electron chi connectivity index (χ4n) is 8.44. The molecule has 0 saturated carbocycles. The lowest BCUT2D eigenvalue weighted by molar-refractivity contribution is 0.766. The summed E-state index contributed by atoms with van der Waals surface area (Å²) in [5.74, 6) is 0. The van der Waals surface area contributed by atoms with E-state index in [1.54, 1.807) is 0 Å². The van der Waals surface area contributed by atoms with Crippen molar-refractivity contribution in [2.24, 2.45) is 0 Å². The van der Waals surface area contributed by atoms with Crippen LogP contribution in [-0.2, 0) is 5.41 Å². The van der Waals surface area contributed by atoms with E-state index in [4.69, 9.17) is 0 Å². The molecule has 2 aliphatic rings. The van der Waals surface area contributed by atoms with Crippen molar-refractivity contribution >= 4 is 64.8 Å². The number of hydrogen-bond acceptors (Lipinski definition) is 1. The van der Waals surface area contributed by atoms with Gasteiger partial charge in [0.2, 0.25) is 0 Å². The summed E-state index contributed by atoms with van der Waals surface area (Å²) in [6.45, 7) is 0. The van der Waals surface area contributed by atoms with Crippen LogP contribution < -0.4 is 5.32 Å². The number of rotatable bonds is 2. The molecule has 48 heavy (non-hydrogen) atoms. The van der Waals surface area contributed by atoms with Crippen LogP contribution in [0.15, 0.2) is 167 Å². The average molecular weight is 742 g/mol. The molecule has 8 aromatic carbocycles. The Hall–Kier alpha value is -4.96. The highest BCUT2D eigenvalue weighted by molar-refractivity contribution is 9.10. The molecule has 0 unspecified atom stereocenters. The fourth-order valence-corrected chi connectivity index (χ4v) is 9.17. The molecule has 0 fully saturated rings. The molecule has 1 heterocycles. The predicted octanol–water partition coefficient (Wildman–Crippen LogP) is 13.3. The van der Waals surface area contributed by atoms with Crippen LogP contribution in [-0.4, -0.2) is 0 Å². The average Bonchev–Trinajstić information content (AvgIpc) is 3.40. The maximum absolute atomic E-state index is 4.10. The molecule has 1 nitrogen and oxygen atoms in total. The van der Waals surface area contributed by atoms with Crippen LogP contribution >= 0.6 is 31.9 Å². The minimum Gasteiger partial charge on any atom is -0.354 e. The minimum atomic E-state index is -0.602. The number of hydrogen-bond donors (Lipinski definition) is 1. The molecular formula is C45H27Br2N. The molecule has 1 aliphatic carbocycles. The number of anilines is 2. The van der Waals surface area contributed by atoms with Crippen LogP contribution in [0.4, 0.5) is 11.4 Å². The summed E-state index contributed by atoms with van der Waals surface area (Å²) >= 11 is 7.82. The van der Waals surface area contributed by atoms with Crippen molar-refractivity contribution in [3.63, 3.8) is 0 Å². The van der Waals surface area contributed by atoms with Crippen molar-refractivity contribution < 1.29 is 0 Å². The number of halogens is 2. The summed E-state index contributed by atoms with van der Waals surface area (Å²) in [4.78, 5) is 0. The third kappa shape index (κ3) is 3.83. The second kappa shape index (κ2) is 10.5. The summed E-state index contributed by atoms with van der Waals surface area (Å²) in [6, 6.07) is 58.0. The Morgan fingerprint density at radius 1 is 0.354 bits per heavy atom. The predicted molar refractivity (Wildman–Crippen MR) is 208 cm³/mol. The van der Waals surface area contributed by atoms with Crippen molar-refractivity contribution in [2.45, 2.75) is 5.41 Å². The molecule has 0 atom stereocenters. The van der Waals surface area contributed by atoms with E-state index in [-0.39, 0.29) is 0 Å². The summed E-state index contributed by atoms with van der Waals surface area (Å²) in [5, 5.41) is 9.01. The number of benzene rings is 8. The molecule has 8 aromatic rings. The van der Waals surface area contributed by atoms with Gasteiger partial charge >= 0.3 is 0 Å². The normalized spacial score (nSPS) is 13.5. The van der Waals surface area contributed by atoms with Gasteiger partial charge in [0.1, 0.15) is 0 Å². The lowest BCUT2D eigenvalue weighted by Crippen LogP contribution is -2.34. The third-order valence-corrected chi connectivity index (χ3v) is 11.4. The van der Waals surface area contributed by atoms with Crippen molar-refractivity contribution in [3.05, 3.63) is 189 Å². The highest BCUT2D eigenvalue weighted by Gasteiger charge is 2.51. The van der Waals surface area contributed by atoms with E-state index < -0.39 is 5.41 Å². The Morgan fingerprint density at radius 2 is 0.750 bits per heavy atom. The van der Waals surface area contributed by atoms with Crippen molar-refractivity contribution in [1.29, 1.82) is 0 Å². The van der Waals surface area contributed by atoms with Crippen LogP contribution in [0.25, 0.3) is 54.9 Å². The van der Waals surface area contributed by atoms with E-state index in [0.717, 1.165) is 20.3 Å². The van der Waals surface area contributed by atoms with Gasteiger partial charge < -0.3 is 5.32 Å². The largest absolute Gasteiger partial charge is 0.354 e. The van der Waals surface area contributed by atoms with Gasteiger partial charge in [-0.1, -0.05) is 153 Å². The topological polar surface area (TPSA) is 12.0 Å². The van der Waals surface area contributed by atoms with E-state index in [2.05, 4.69) is 195 Å². The van der Waals surface area contributed by atoms with Crippen LogP contribution in [0.2, 0.25) is 0 Å². The van der Waals surface area contributed by atoms with E-state index in [9.17, 15) is 0 Å². The Labute approximate surface area is 296 Å². The van der Waals surface area contributed by atoms with Gasteiger partial charge in [-0.3, -0.25) is 0 Å². The highest BCUT2D eigenvalue weighted by Crippen LogP contribution is 2.64. The van der Waals surface area contributed by atoms with Gasteiger partial charge in [-0.05, 0) is 103 Å². The first kappa shape index (κ1) is 28.1. The van der Waals surface area contributed by atoms with Gasteiger partial charge in [-0.25, -0.2) is 0 Å². The van der Waals surface area contributed by atoms with Crippen LogP contribution in [0, 0.1) is 0 Å². The number of fused-ring (bicyclic) bond motifs is 13. The quantitative estimate of drug-likeness (QED) is 0.186. The molecule has 1 aliphatic heterocycles. The number of nitrogens with one attached hydrogen (secondary N) is 1. The Bertz CT molecular complexity index is 2420. The van der Waals surface area contributed by atoms with Crippen molar-refractivity contribution in [1.82, 2.24) is 0 Å². The zero-order valence-electron chi connectivity index (χ0n) is 25.8. The van der Waals surface area contributed by atoms with Gasteiger partial charge in [0.15, 0.2) is 0 Å². The molecule has 10 rings (SSSR count). The Balaban J connectivity index is 1.46. The zero-order valence-corrected chi connectivity index (χ0v) is 28.9. The van der Waals surface area contributed by atoms with Gasteiger partial charge in [0.25, 0.3) is 0 Å². The van der Waals surface area contributed by atoms with E-state index in [0.29, 0.717) is 0 Å². The van der Waals surface area contributed by atoms with Crippen LogP contribution in [0.1, 0.15) is 22.3 Å².